The molecule has 0 aliphatic carbocycles. The average Bonchev–Trinajstić information content (AvgIpc) is 2.85. The topological polar surface area (TPSA) is 47.4 Å². The minimum absolute atomic E-state index is 0.0303. The molecule has 2 heterocycles. The molecule has 1 aromatic carbocycles. The first kappa shape index (κ1) is 16.1. The predicted octanol–water partition coefficient (Wildman–Crippen LogP) is 3.61. The van der Waals surface area contributed by atoms with E-state index in [-0.39, 0.29) is 17.7 Å². The lowest BCUT2D eigenvalue weighted by atomic mass is 10.1. The molecule has 1 aromatic heterocycles. The fourth-order valence-electron chi connectivity index (χ4n) is 2.48. The number of halogens is 4. The van der Waals surface area contributed by atoms with E-state index in [9.17, 15) is 18.0 Å². The first-order valence-corrected chi connectivity index (χ1v) is 7.75. The van der Waals surface area contributed by atoms with Crippen LogP contribution in [0, 0.1) is 3.57 Å². The van der Waals surface area contributed by atoms with Crippen LogP contribution in [0.1, 0.15) is 23.5 Å². The maximum absolute atomic E-state index is 12.6. The van der Waals surface area contributed by atoms with Gasteiger partial charge >= 0.3 is 6.36 Å². The molecule has 1 amide bonds. The smallest absolute Gasteiger partial charge is 0.406 e. The highest BCUT2D eigenvalue weighted by atomic mass is 127. The van der Waals surface area contributed by atoms with E-state index in [0.717, 1.165) is 3.57 Å². The quantitative estimate of drug-likeness (QED) is 0.675. The Morgan fingerprint density at radius 3 is 2.57 bits per heavy atom. The van der Waals surface area contributed by atoms with Gasteiger partial charge in [-0.3, -0.25) is 9.48 Å². The highest BCUT2D eigenvalue weighted by Gasteiger charge is 2.33. The Labute approximate surface area is 143 Å². The lowest BCUT2D eigenvalue weighted by Gasteiger charge is -2.32. The van der Waals surface area contributed by atoms with Gasteiger partial charge in [-0.15, -0.1) is 13.2 Å². The average molecular weight is 437 g/mol. The van der Waals surface area contributed by atoms with Crippen LogP contribution in [0.3, 0.4) is 0 Å². The molecular weight excluding hydrogens is 426 g/mol. The van der Waals surface area contributed by atoms with E-state index >= 15 is 0 Å². The third-order valence-electron chi connectivity index (χ3n) is 3.44. The fraction of sp³-hybridized carbons (Fsp3) is 0.286. The van der Waals surface area contributed by atoms with Crippen molar-refractivity contribution >= 4 is 34.2 Å². The second kappa shape index (κ2) is 5.69. The number of alkyl halides is 3. The number of benzene rings is 1. The molecule has 0 bridgehead atoms. The number of carbonyl (C=O) groups excluding carboxylic acids is 1. The van der Waals surface area contributed by atoms with Gasteiger partial charge in [0.2, 0.25) is 0 Å². The van der Waals surface area contributed by atoms with Gasteiger partial charge in [-0.05, 0) is 53.8 Å². The van der Waals surface area contributed by atoms with Crippen LogP contribution >= 0.6 is 22.6 Å². The first-order valence-electron chi connectivity index (χ1n) is 6.67. The molecule has 0 saturated carbocycles. The lowest BCUT2D eigenvalue weighted by Crippen LogP contribution is -2.43. The summed E-state index contributed by atoms with van der Waals surface area (Å²) in [4.78, 5) is 14.1. The molecule has 9 heteroatoms. The molecule has 122 valence electrons. The van der Waals surface area contributed by atoms with Gasteiger partial charge in [0.15, 0.2) is 0 Å². The van der Waals surface area contributed by atoms with E-state index < -0.39 is 6.36 Å². The minimum atomic E-state index is -4.74. The van der Waals surface area contributed by atoms with Crippen LogP contribution in [0.25, 0.3) is 0 Å². The van der Waals surface area contributed by atoms with E-state index in [4.69, 9.17) is 0 Å². The molecule has 1 aliphatic rings. The van der Waals surface area contributed by atoms with Crippen LogP contribution in [0.5, 0.6) is 5.75 Å². The van der Waals surface area contributed by atoms with Crippen LogP contribution in [-0.2, 0) is 0 Å². The summed E-state index contributed by atoms with van der Waals surface area (Å²) >= 11 is 2.04. The van der Waals surface area contributed by atoms with Crippen molar-refractivity contribution in [2.45, 2.75) is 19.3 Å². The van der Waals surface area contributed by atoms with Gasteiger partial charge in [-0.2, -0.15) is 5.10 Å². The van der Waals surface area contributed by atoms with Crippen LogP contribution in [0.2, 0.25) is 0 Å². The largest absolute Gasteiger partial charge is 0.573 e. The molecule has 2 aromatic rings. The second-order valence-corrected chi connectivity index (χ2v) is 6.25. The summed E-state index contributed by atoms with van der Waals surface area (Å²) < 4.78 is 42.8. The number of carbonyl (C=O) groups is 1. The molecule has 1 aliphatic heterocycles. The molecule has 0 unspecified atom stereocenters. The zero-order valence-corrected chi connectivity index (χ0v) is 14.0. The maximum Gasteiger partial charge on any atom is 0.573 e. The number of hydrogen-bond donors (Lipinski definition) is 0. The minimum Gasteiger partial charge on any atom is -0.406 e. The summed E-state index contributed by atoms with van der Waals surface area (Å²) in [7, 11) is 0. The zero-order chi connectivity index (χ0) is 16.8. The predicted molar refractivity (Wildman–Crippen MR) is 84.5 cm³/mol. The van der Waals surface area contributed by atoms with Crippen molar-refractivity contribution in [1.82, 2.24) is 9.78 Å². The number of amides is 1. The fourth-order valence-corrected chi connectivity index (χ4v) is 3.08. The summed E-state index contributed by atoms with van der Waals surface area (Å²) in [5, 5.41) is 4.19. The molecule has 3 rings (SSSR count). The summed E-state index contributed by atoms with van der Waals surface area (Å²) in [6.45, 7) is 2.32. The maximum atomic E-state index is 12.6. The highest BCUT2D eigenvalue weighted by Crippen LogP contribution is 2.30. The molecule has 0 N–H and O–H groups in total. The van der Waals surface area contributed by atoms with Gasteiger partial charge in [0, 0.05) is 12.2 Å². The summed E-state index contributed by atoms with van der Waals surface area (Å²) in [6, 6.07) is 5.22. The monoisotopic (exact) mass is 437 g/mol. The van der Waals surface area contributed by atoms with Gasteiger partial charge in [0.1, 0.15) is 11.4 Å². The molecule has 0 fully saturated rings. The first-order chi connectivity index (χ1) is 10.8. The molecule has 0 spiro atoms. The third-order valence-corrected chi connectivity index (χ3v) is 4.23. The Kier molecular flexibility index (Phi) is 3.98. The van der Waals surface area contributed by atoms with E-state index in [2.05, 4.69) is 9.84 Å². The second-order valence-electron chi connectivity index (χ2n) is 5.09. The third kappa shape index (κ3) is 3.14. The van der Waals surface area contributed by atoms with Crippen LogP contribution in [0.15, 0.2) is 30.5 Å². The molecule has 23 heavy (non-hydrogen) atoms. The van der Waals surface area contributed by atoms with Crippen molar-refractivity contribution in [3.63, 3.8) is 0 Å². The number of nitrogens with zero attached hydrogens (tertiary/aromatic N) is 3. The summed E-state index contributed by atoms with van der Waals surface area (Å²) in [6.07, 6.45) is -3.12. The number of anilines is 1. The van der Waals surface area contributed by atoms with Crippen LogP contribution < -0.4 is 9.64 Å². The van der Waals surface area contributed by atoms with Crippen molar-refractivity contribution in [1.29, 1.82) is 0 Å². The van der Waals surface area contributed by atoms with Crippen molar-refractivity contribution < 1.29 is 22.7 Å². The Morgan fingerprint density at radius 2 is 1.96 bits per heavy atom. The van der Waals surface area contributed by atoms with Crippen LogP contribution in [0.4, 0.5) is 18.9 Å². The molecular formula is C14H11F3IN3O2. The van der Waals surface area contributed by atoms with E-state index in [1.54, 1.807) is 10.9 Å². The highest BCUT2D eigenvalue weighted by molar-refractivity contribution is 14.1. The number of ether oxygens (including phenoxy) is 1. The van der Waals surface area contributed by atoms with Gasteiger partial charge < -0.3 is 9.64 Å². The Morgan fingerprint density at radius 1 is 1.30 bits per heavy atom. The van der Waals surface area contributed by atoms with Gasteiger partial charge in [0.25, 0.3) is 5.91 Å². The van der Waals surface area contributed by atoms with E-state index in [1.807, 2.05) is 29.5 Å². The van der Waals surface area contributed by atoms with Gasteiger partial charge in [-0.25, -0.2) is 0 Å². The van der Waals surface area contributed by atoms with Crippen molar-refractivity contribution in [2.75, 3.05) is 11.4 Å². The van der Waals surface area contributed by atoms with Crippen molar-refractivity contribution in [2.24, 2.45) is 0 Å². The normalized spacial score (nSPS) is 18.0. The van der Waals surface area contributed by atoms with Crippen molar-refractivity contribution in [3.05, 3.63) is 39.7 Å². The lowest BCUT2D eigenvalue weighted by molar-refractivity contribution is -0.274. The number of rotatable bonds is 2. The van der Waals surface area contributed by atoms with Crippen molar-refractivity contribution in [3.8, 4) is 5.75 Å². The Bertz CT molecular complexity index is 743. The van der Waals surface area contributed by atoms with E-state index in [1.165, 1.54) is 29.2 Å². The summed E-state index contributed by atoms with van der Waals surface area (Å²) in [5.74, 6) is -0.548. The molecule has 0 radical (unpaired) electrons. The van der Waals surface area contributed by atoms with Crippen LogP contribution in [-0.4, -0.2) is 28.6 Å². The summed E-state index contributed by atoms with van der Waals surface area (Å²) in [5.41, 5.74) is 1.000. The molecule has 1 atom stereocenters. The van der Waals surface area contributed by atoms with Gasteiger partial charge in [0.05, 0.1) is 15.8 Å². The zero-order valence-electron chi connectivity index (χ0n) is 11.8. The Balaban J connectivity index is 1.88. The number of hydrogen-bond acceptors (Lipinski definition) is 3. The Hall–Kier alpha value is -1.78. The number of aromatic nitrogens is 2. The molecule has 5 nitrogen and oxygen atoms in total. The van der Waals surface area contributed by atoms with E-state index in [0.29, 0.717) is 17.9 Å². The van der Waals surface area contributed by atoms with Gasteiger partial charge in [-0.1, -0.05) is 0 Å². The SMILES string of the molecule is C[C@H]1CN(c2ccc(OC(F)(F)F)cc2)C(=O)c2c(I)cnn21. The standard InChI is InChI=1S/C14H11F3IN3O2/c1-8-7-20(13(22)12-11(18)6-19-21(8)12)9-2-4-10(5-3-9)23-14(15,16)17/h2-6,8H,7H2,1H3/t8-/m0/s1. The molecule has 0 saturated heterocycles. The number of fused-ring (bicyclic) bond motifs is 1.